The van der Waals surface area contributed by atoms with Gasteiger partial charge in [-0.1, -0.05) is 29.8 Å². The molecule has 0 amide bonds. The molecule has 1 aliphatic rings. The molecular formula is C14H23NO4S. The van der Waals surface area contributed by atoms with E-state index in [1.807, 2.05) is 31.2 Å². The van der Waals surface area contributed by atoms with Gasteiger partial charge in [0, 0.05) is 0 Å². The van der Waals surface area contributed by atoms with Gasteiger partial charge in [0.05, 0.1) is 13.7 Å². The second-order valence-electron chi connectivity index (χ2n) is 4.32. The monoisotopic (exact) mass is 301 g/mol. The fourth-order valence-corrected chi connectivity index (χ4v) is 1.72. The number of carbonyl (C=O) groups is 1. The Morgan fingerprint density at radius 1 is 1.40 bits per heavy atom. The SMILES string of the molecule is COC(=O)C1CCCN1.Cc1ccc(CO)cc1.OS. The maximum Gasteiger partial charge on any atom is 0.322 e. The Labute approximate surface area is 125 Å². The molecule has 1 saturated heterocycles. The van der Waals surface area contributed by atoms with Crippen LogP contribution in [0, 0.1) is 6.92 Å². The summed E-state index contributed by atoms with van der Waals surface area (Å²) in [4.78, 5) is 10.7. The smallest absolute Gasteiger partial charge is 0.322 e. The van der Waals surface area contributed by atoms with Crippen LogP contribution in [0.2, 0.25) is 0 Å². The first-order valence-electron chi connectivity index (χ1n) is 6.35. The van der Waals surface area contributed by atoms with Crippen molar-refractivity contribution in [2.75, 3.05) is 13.7 Å². The highest BCUT2D eigenvalue weighted by atomic mass is 32.1. The zero-order valence-electron chi connectivity index (χ0n) is 11.9. The van der Waals surface area contributed by atoms with Gasteiger partial charge >= 0.3 is 5.97 Å². The maximum absolute atomic E-state index is 10.7. The van der Waals surface area contributed by atoms with Crippen LogP contribution in [0.5, 0.6) is 0 Å². The van der Waals surface area contributed by atoms with Crippen LogP contribution in [0.15, 0.2) is 24.3 Å². The number of hydrogen-bond acceptors (Lipinski definition) is 6. The molecule has 1 aromatic carbocycles. The second kappa shape index (κ2) is 11.7. The lowest BCUT2D eigenvalue weighted by molar-refractivity contribution is -0.142. The lowest BCUT2D eigenvalue weighted by Crippen LogP contribution is -2.31. The maximum atomic E-state index is 10.7. The molecule has 1 aliphatic heterocycles. The molecule has 0 spiro atoms. The summed E-state index contributed by atoms with van der Waals surface area (Å²) in [6.45, 7) is 3.11. The summed E-state index contributed by atoms with van der Waals surface area (Å²) in [6, 6.07) is 7.80. The average molecular weight is 301 g/mol. The van der Waals surface area contributed by atoms with Crippen molar-refractivity contribution in [3.05, 3.63) is 35.4 Å². The first-order valence-corrected chi connectivity index (χ1v) is 6.75. The predicted octanol–water partition coefficient (Wildman–Crippen LogP) is 1.79. The normalized spacial score (nSPS) is 16.4. The van der Waals surface area contributed by atoms with Crippen molar-refractivity contribution in [1.29, 1.82) is 0 Å². The van der Waals surface area contributed by atoms with Crippen LogP contribution in [0.4, 0.5) is 0 Å². The van der Waals surface area contributed by atoms with Gasteiger partial charge in [0.25, 0.3) is 0 Å². The van der Waals surface area contributed by atoms with Crippen LogP contribution in [0.25, 0.3) is 0 Å². The Hall–Kier alpha value is -1.08. The first kappa shape index (κ1) is 18.9. The molecule has 1 heterocycles. The zero-order chi connectivity index (χ0) is 15.4. The van der Waals surface area contributed by atoms with Crippen molar-refractivity contribution < 1.29 is 19.2 Å². The van der Waals surface area contributed by atoms with E-state index in [1.165, 1.54) is 12.7 Å². The molecule has 1 fully saturated rings. The van der Waals surface area contributed by atoms with Gasteiger partial charge in [0.2, 0.25) is 0 Å². The van der Waals surface area contributed by atoms with E-state index in [-0.39, 0.29) is 18.6 Å². The zero-order valence-corrected chi connectivity index (χ0v) is 12.8. The highest BCUT2D eigenvalue weighted by molar-refractivity contribution is 7.74. The molecule has 1 unspecified atom stereocenters. The standard InChI is InChI=1S/C8H10O.C6H11NO2.H2OS/c1-7-2-4-8(6-9)5-3-7;1-9-6(8)5-3-2-4-7-5;1-2/h2-5,9H,6H2,1H3;5,7H,2-4H2,1H3;1-2H. The van der Waals surface area contributed by atoms with Crippen LogP contribution in [-0.4, -0.2) is 35.3 Å². The number of benzene rings is 1. The van der Waals surface area contributed by atoms with E-state index < -0.39 is 0 Å². The molecule has 114 valence electrons. The van der Waals surface area contributed by atoms with Gasteiger partial charge in [-0.25, -0.2) is 0 Å². The molecule has 1 atom stereocenters. The van der Waals surface area contributed by atoms with Gasteiger partial charge < -0.3 is 19.7 Å². The van der Waals surface area contributed by atoms with Crippen molar-refractivity contribution in [1.82, 2.24) is 5.32 Å². The van der Waals surface area contributed by atoms with E-state index in [1.54, 1.807) is 0 Å². The van der Waals surface area contributed by atoms with E-state index in [0.29, 0.717) is 0 Å². The molecule has 0 radical (unpaired) electrons. The van der Waals surface area contributed by atoms with Gasteiger partial charge in [0.15, 0.2) is 0 Å². The van der Waals surface area contributed by atoms with Crippen LogP contribution >= 0.6 is 12.9 Å². The number of aryl methyl sites for hydroxylation is 1. The fourth-order valence-electron chi connectivity index (χ4n) is 1.72. The molecule has 0 bridgehead atoms. The van der Waals surface area contributed by atoms with E-state index in [9.17, 15) is 4.79 Å². The van der Waals surface area contributed by atoms with Crippen LogP contribution in [-0.2, 0) is 16.1 Å². The third kappa shape index (κ3) is 7.49. The Morgan fingerprint density at radius 3 is 2.40 bits per heavy atom. The van der Waals surface area contributed by atoms with Gasteiger partial charge in [-0.05, 0) is 44.8 Å². The summed E-state index contributed by atoms with van der Waals surface area (Å²) in [5, 5.41) is 11.7. The van der Waals surface area contributed by atoms with Crippen molar-refractivity contribution >= 4 is 18.9 Å². The number of carbonyl (C=O) groups excluding carboxylic acids is 1. The number of aliphatic hydroxyl groups excluding tert-OH is 1. The summed E-state index contributed by atoms with van der Waals surface area (Å²) < 4.78 is 11.2. The minimum Gasteiger partial charge on any atom is -0.468 e. The summed E-state index contributed by atoms with van der Waals surface area (Å²) in [7, 11) is 1.42. The molecule has 2 rings (SSSR count). The molecule has 0 aromatic heterocycles. The van der Waals surface area contributed by atoms with E-state index in [4.69, 9.17) is 9.66 Å². The molecule has 0 saturated carbocycles. The summed E-state index contributed by atoms with van der Waals surface area (Å²) in [5.41, 5.74) is 2.20. The second-order valence-corrected chi connectivity index (χ2v) is 4.32. The number of thiol groups is 1. The van der Waals surface area contributed by atoms with Crippen molar-refractivity contribution in [3.8, 4) is 0 Å². The number of ether oxygens (including phenoxy) is 1. The molecular weight excluding hydrogens is 278 g/mol. The van der Waals surface area contributed by atoms with Crippen molar-refractivity contribution in [2.45, 2.75) is 32.4 Å². The van der Waals surface area contributed by atoms with Crippen molar-refractivity contribution in [2.24, 2.45) is 0 Å². The Bertz CT molecular complexity index is 364. The fraction of sp³-hybridized carbons (Fsp3) is 0.500. The number of esters is 1. The third-order valence-electron chi connectivity index (χ3n) is 2.85. The number of hydrogen-bond donors (Lipinski definition) is 4. The van der Waals surface area contributed by atoms with Crippen LogP contribution < -0.4 is 5.32 Å². The van der Waals surface area contributed by atoms with E-state index >= 15 is 0 Å². The average Bonchev–Trinajstić information content (AvgIpc) is 3.04. The van der Waals surface area contributed by atoms with Gasteiger partial charge in [-0.15, -0.1) is 0 Å². The quantitative estimate of drug-likeness (QED) is 0.380. The molecule has 6 heteroatoms. The van der Waals surface area contributed by atoms with Crippen molar-refractivity contribution in [3.63, 3.8) is 0 Å². The highest BCUT2D eigenvalue weighted by Crippen LogP contribution is 2.05. The minimum atomic E-state index is -0.132. The number of methoxy groups -OCH3 is 1. The molecule has 1 aromatic rings. The summed E-state index contributed by atoms with van der Waals surface area (Å²) in [6.07, 6.45) is 2.01. The number of nitrogens with one attached hydrogen (secondary N) is 1. The molecule has 3 N–H and O–H groups in total. The Kier molecular flexibility index (Phi) is 11.1. The topological polar surface area (TPSA) is 78.8 Å². The van der Waals surface area contributed by atoms with Crippen LogP contribution in [0.1, 0.15) is 24.0 Å². The van der Waals surface area contributed by atoms with Gasteiger partial charge in [0.1, 0.15) is 6.04 Å². The molecule has 20 heavy (non-hydrogen) atoms. The minimum absolute atomic E-state index is 0.0324. The van der Waals surface area contributed by atoms with E-state index in [2.05, 4.69) is 23.0 Å². The van der Waals surface area contributed by atoms with Gasteiger partial charge in [-0.2, -0.15) is 0 Å². The van der Waals surface area contributed by atoms with E-state index in [0.717, 1.165) is 24.9 Å². The largest absolute Gasteiger partial charge is 0.468 e. The number of aliphatic hydroxyl groups is 1. The third-order valence-corrected chi connectivity index (χ3v) is 2.85. The lowest BCUT2D eigenvalue weighted by Gasteiger charge is -2.04. The Morgan fingerprint density at radius 2 is 2.00 bits per heavy atom. The number of rotatable bonds is 2. The predicted molar refractivity (Wildman–Crippen MR) is 81.8 cm³/mol. The Balaban J connectivity index is 0.000000321. The lowest BCUT2D eigenvalue weighted by atomic mass is 10.2. The highest BCUT2D eigenvalue weighted by Gasteiger charge is 2.21. The molecule has 5 nitrogen and oxygen atoms in total. The first-order chi connectivity index (χ1) is 9.67. The summed E-state index contributed by atoms with van der Waals surface area (Å²) >= 11 is 2.53. The van der Waals surface area contributed by atoms with Crippen LogP contribution in [0.3, 0.4) is 0 Å². The van der Waals surface area contributed by atoms with Gasteiger partial charge in [-0.3, -0.25) is 4.79 Å². The molecule has 0 aliphatic carbocycles. The summed E-state index contributed by atoms with van der Waals surface area (Å²) in [5.74, 6) is -0.132.